The van der Waals surface area contributed by atoms with Gasteiger partial charge in [-0.25, -0.2) is 9.78 Å². The summed E-state index contributed by atoms with van der Waals surface area (Å²) >= 11 is 0. The highest BCUT2D eigenvalue weighted by atomic mass is 16.5. The van der Waals surface area contributed by atoms with Crippen LogP contribution in [-0.4, -0.2) is 37.3 Å². The van der Waals surface area contributed by atoms with E-state index in [1.165, 1.54) is 7.11 Å². The van der Waals surface area contributed by atoms with Gasteiger partial charge in [-0.15, -0.1) is 0 Å². The van der Waals surface area contributed by atoms with E-state index >= 15 is 0 Å². The van der Waals surface area contributed by atoms with E-state index in [0.29, 0.717) is 5.69 Å². The minimum absolute atomic E-state index is 0.108. The molecule has 0 bridgehead atoms. The summed E-state index contributed by atoms with van der Waals surface area (Å²) in [6.45, 7) is 3.60. The lowest BCUT2D eigenvalue weighted by Crippen LogP contribution is -2.37. The van der Waals surface area contributed by atoms with Gasteiger partial charge in [0.15, 0.2) is 0 Å². The van der Waals surface area contributed by atoms with Crippen LogP contribution in [0.15, 0.2) is 12.3 Å². The fourth-order valence-corrected chi connectivity index (χ4v) is 2.22. The summed E-state index contributed by atoms with van der Waals surface area (Å²) in [6.07, 6.45) is 2.16. The zero-order valence-electron chi connectivity index (χ0n) is 10.6. The van der Waals surface area contributed by atoms with Crippen LogP contribution >= 0.6 is 0 Å². The molecule has 1 fully saturated rings. The van der Waals surface area contributed by atoms with Crippen molar-refractivity contribution in [1.29, 1.82) is 0 Å². The fraction of sp³-hybridized carbons (Fsp3) is 0.500. The van der Waals surface area contributed by atoms with E-state index in [0.717, 1.165) is 30.9 Å². The Labute approximate surface area is 106 Å². The van der Waals surface area contributed by atoms with Crippen molar-refractivity contribution in [3.8, 4) is 0 Å². The Morgan fingerprint density at radius 3 is 3.11 bits per heavy atom. The average molecular weight is 250 g/mol. The first kappa shape index (κ1) is 12.5. The number of ether oxygens (including phenoxy) is 1. The van der Waals surface area contributed by atoms with Gasteiger partial charge in [-0.1, -0.05) is 0 Å². The predicted molar refractivity (Wildman–Crippen MR) is 69.5 cm³/mol. The molecule has 6 nitrogen and oxygen atoms in total. The third-order valence-corrected chi connectivity index (χ3v) is 3.07. The number of hydrogen-bond donors (Lipinski definition) is 2. The largest absolute Gasteiger partial charge is 0.453 e. The monoisotopic (exact) mass is 250 g/mol. The molecule has 1 atom stereocenters. The molecule has 18 heavy (non-hydrogen) atoms. The van der Waals surface area contributed by atoms with Gasteiger partial charge in [0, 0.05) is 13.1 Å². The molecule has 2 heterocycles. The Bertz CT molecular complexity index is 450. The third kappa shape index (κ3) is 2.64. The van der Waals surface area contributed by atoms with Crippen LogP contribution in [0.25, 0.3) is 0 Å². The molecule has 1 aliphatic heterocycles. The molecule has 0 aromatic carbocycles. The quantitative estimate of drug-likeness (QED) is 0.815. The van der Waals surface area contributed by atoms with Crippen molar-refractivity contribution in [3.05, 3.63) is 17.8 Å². The van der Waals surface area contributed by atoms with Gasteiger partial charge < -0.3 is 20.7 Å². The second kappa shape index (κ2) is 5.12. The number of carbonyl (C=O) groups is 1. The summed E-state index contributed by atoms with van der Waals surface area (Å²) in [5.74, 6) is 0.929. The number of amides is 1. The molecule has 0 aliphatic carbocycles. The average Bonchev–Trinajstić information content (AvgIpc) is 2.77. The molecule has 1 aliphatic rings. The van der Waals surface area contributed by atoms with Crippen LogP contribution in [0, 0.1) is 6.92 Å². The highest BCUT2D eigenvalue weighted by Crippen LogP contribution is 2.23. The van der Waals surface area contributed by atoms with Gasteiger partial charge in [-0.05, 0) is 25.0 Å². The number of aryl methyl sites for hydroxylation is 1. The summed E-state index contributed by atoms with van der Waals surface area (Å²) < 4.78 is 4.59. The zero-order valence-corrected chi connectivity index (χ0v) is 10.6. The van der Waals surface area contributed by atoms with Crippen LogP contribution in [0.2, 0.25) is 0 Å². The van der Waals surface area contributed by atoms with E-state index in [1.807, 2.05) is 13.0 Å². The van der Waals surface area contributed by atoms with Gasteiger partial charge in [0.05, 0.1) is 25.0 Å². The maximum Gasteiger partial charge on any atom is 0.407 e. The van der Waals surface area contributed by atoms with Crippen molar-refractivity contribution in [3.63, 3.8) is 0 Å². The minimum atomic E-state index is -0.385. The number of rotatable bonds is 2. The molecule has 1 aromatic heterocycles. The lowest BCUT2D eigenvalue weighted by Gasteiger charge is -2.19. The van der Waals surface area contributed by atoms with Crippen LogP contribution < -0.4 is 16.0 Å². The maximum absolute atomic E-state index is 11.1. The van der Waals surface area contributed by atoms with Crippen LogP contribution in [-0.2, 0) is 4.74 Å². The predicted octanol–water partition coefficient (Wildman–Crippen LogP) is 0.907. The Kier molecular flexibility index (Phi) is 3.55. The van der Waals surface area contributed by atoms with Gasteiger partial charge >= 0.3 is 6.09 Å². The van der Waals surface area contributed by atoms with E-state index in [2.05, 4.69) is 19.9 Å². The second-order valence-corrected chi connectivity index (χ2v) is 4.48. The van der Waals surface area contributed by atoms with Crippen molar-refractivity contribution >= 4 is 17.6 Å². The number of methoxy groups -OCH3 is 1. The molecule has 1 unspecified atom stereocenters. The number of anilines is 2. The van der Waals surface area contributed by atoms with Crippen molar-refractivity contribution in [2.45, 2.75) is 19.4 Å². The lowest BCUT2D eigenvalue weighted by atomic mass is 10.2. The number of nitrogen functional groups attached to an aromatic ring is 1. The summed E-state index contributed by atoms with van der Waals surface area (Å²) in [4.78, 5) is 17.6. The SMILES string of the molecule is COC(=O)NC1CCN(c2ncc(N)cc2C)C1. The van der Waals surface area contributed by atoms with Crippen LogP contribution in [0.1, 0.15) is 12.0 Å². The number of pyridine rings is 1. The third-order valence-electron chi connectivity index (χ3n) is 3.07. The molecule has 1 saturated heterocycles. The molecule has 3 N–H and O–H groups in total. The number of hydrogen-bond acceptors (Lipinski definition) is 5. The van der Waals surface area contributed by atoms with Crippen LogP contribution in [0.4, 0.5) is 16.3 Å². The van der Waals surface area contributed by atoms with E-state index in [4.69, 9.17) is 5.73 Å². The molecular formula is C12H18N4O2. The standard InChI is InChI=1S/C12H18N4O2/c1-8-5-9(13)6-14-11(8)16-4-3-10(7-16)15-12(17)18-2/h5-6,10H,3-4,7,13H2,1-2H3,(H,15,17). The first-order valence-electron chi connectivity index (χ1n) is 5.91. The highest BCUT2D eigenvalue weighted by molar-refractivity contribution is 5.67. The lowest BCUT2D eigenvalue weighted by molar-refractivity contribution is 0.167. The smallest absolute Gasteiger partial charge is 0.407 e. The molecule has 0 radical (unpaired) electrons. The topological polar surface area (TPSA) is 80.5 Å². The summed E-state index contributed by atoms with van der Waals surface area (Å²) in [5.41, 5.74) is 7.40. The molecule has 0 spiro atoms. The number of aromatic nitrogens is 1. The zero-order chi connectivity index (χ0) is 13.1. The van der Waals surface area contributed by atoms with Crippen molar-refractivity contribution in [2.24, 2.45) is 0 Å². The molecule has 6 heteroatoms. The summed E-state index contributed by atoms with van der Waals surface area (Å²) in [5, 5.41) is 2.80. The van der Waals surface area contributed by atoms with Gasteiger partial charge in [-0.2, -0.15) is 0 Å². The van der Waals surface area contributed by atoms with E-state index < -0.39 is 0 Å². The van der Waals surface area contributed by atoms with E-state index in [-0.39, 0.29) is 12.1 Å². The second-order valence-electron chi connectivity index (χ2n) is 4.48. The number of nitrogens with zero attached hydrogens (tertiary/aromatic N) is 2. The van der Waals surface area contributed by atoms with E-state index in [9.17, 15) is 4.79 Å². The Morgan fingerprint density at radius 2 is 2.44 bits per heavy atom. The molecule has 1 amide bonds. The number of alkyl carbamates (subject to hydrolysis) is 1. The first-order valence-corrected chi connectivity index (χ1v) is 5.91. The Balaban J connectivity index is 2.02. The Hall–Kier alpha value is -1.98. The van der Waals surface area contributed by atoms with Gasteiger partial charge in [-0.3, -0.25) is 0 Å². The fourth-order valence-electron chi connectivity index (χ4n) is 2.22. The molecule has 2 rings (SSSR count). The van der Waals surface area contributed by atoms with Crippen molar-refractivity contribution < 1.29 is 9.53 Å². The van der Waals surface area contributed by atoms with Gasteiger partial charge in [0.25, 0.3) is 0 Å². The molecule has 0 saturated carbocycles. The number of carbonyl (C=O) groups excluding carboxylic acids is 1. The Morgan fingerprint density at radius 1 is 1.67 bits per heavy atom. The molecule has 1 aromatic rings. The normalized spacial score (nSPS) is 18.8. The van der Waals surface area contributed by atoms with Crippen LogP contribution in [0.3, 0.4) is 0 Å². The number of nitrogens with two attached hydrogens (primary N) is 1. The highest BCUT2D eigenvalue weighted by Gasteiger charge is 2.25. The molecular weight excluding hydrogens is 232 g/mol. The number of nitrogens with one attached hydrogen (secondary N) is 1. The maximum atomic E-state index is 11.1. The van der Waals surface area contributed by atoms with Crippen LogP contribution in [0.5, 0.6) is 0 Å². The molecule has 98 valence electrons. The van der Waals surface area contributed by atoms with Gasteiger partial charge in [0.2, 0.25) is 0 Å². The van der Waals surface area contributed by atoms with Crippen molar-refractivity contribution in [2.75, 3.05) is 30.8 Å². The summed E-state index contributed by atoms with van der Waals surface area (Å²) in [6, 6.07) is 2.01. The first-order chi connectivity index (χ1) is 8.60. The van der Waals surface area contributed by atoms with Crippen molar-refractivity contribution in [1.82, 2.24) is 10.3 Å². The minimum Gasteiger partial charge on any atom is -0.453 e. The van der Waals surface area contributed by atoms with Gasteiger partial charge in [0.1, 0.15) is 5.82 Å². The van der Waals surface area contributed by atoms with E-state index in [1.54, 1.807) is 6.20 Å². The summed E-state index contributed by atoms with van der Waals surface area (Å²) in [7, 11) is 1.37.